The summed E-state index contributed by atoms with van der Waals surface area (Å²) in [6, 6.07) is 2.65. The minimum atomic E-state index is -0.592. The molecule has 66 valence electrons. The Morgan fingerprint density at radius 2 is 2.46 bits per heavy atom. The second kappa shape index (κ2) is 4.36. The molecule has 0 amide bonds. The molecule has 13 heavy (non-hydrogen) atoms. The second-order valence-corrected chi connectivity index (χ2v) is 2.36. The van der Waals surface area contributed by atoms with E-state index in [1.165, 1.54) is 18.3 Å². The van der Waals surface area contributed by atoms with Gasteiger partial charge in [-0.05, 0) is 19.1 Å². The van der Waals surface area contributed by atoms with Gasteiger partial charge >= 0.3 is 0 Å². The van der Waals surface area contributed by atoms with Crippen molar-refractivity contribution in [3.63, 3.8) is 0 Å². The molecular formula is C10H8FNO. The number of pyridine rings is 1. The zero-order valence-electron chi connectivity index (χ0n) is 7.17. The summed E-state index contributed by atoms with van der Waals surface area (Å²) >= 11 is 0. The van der Waals surface area contributed by atoms with Crippen LogP contribution >= 0.6 is 0 Å². The molecule has 1 rings (SSSR count). The van der Waals surface area contributed by atoms with E-state index in [2.05, 4.69) is 16.8 Å². The van der Waals surface area contributed by atoms with Crippen LogP contribution < -0.4 is 0 Å². The summed E-state index contributed by atoms with van der Waals surface area (Å²) in [5, 5.41) is 0. The highest BCUT2D eigenvalue weighted by Gasteiger charge is 2.10. The molecule has 0 aliphatic heterocycles. The van der Waals surface area contributed by atoms with E-state index in [0.29, 0.717) is 0 Å². The molecule has 3 heteroatoms. The zero-order valence-corrected chi connectivity index (χ0v) is 7.17. The minimum Gasteiger partial charge on any atom is -0.291 e. The van der Waals surface area contributed by atoms with Gasteiger partial charge < -0.3 is 0 Å². The SMILES string of the molecule is CC#CCC(=O)c1ncccc1F. The van der Waals surface area contributed by atoms with E-state index in [4.69, 9.17) is 0 Å². The van der Waals surface area contributed by atoms with Gasteiger partial charge in [0.25, 0.3) is 0 Å². The molecule has 0 aliphatic carbocycles. The Hall–Kier alpha value is -1.69. The third kappa shape index (κ3) is 2.38. The van der Waals surface area contributed by atoms with Gasteiger partial charge in [0.2, 0.25) is 0 Å². The molecule has 0 unspecified atom stereocenters. The van der Waals surface area contributed by atoms with E-state index in [0.717, 1.165) is 0 Å². The number of aromatic nitrogens is 1. The first kappa shape index (κ1) is 9.40. The number of Topliss-reactive ketones (excluding diaryl/α,β-unsaturated/α-hetero) is 1. The maximum atomic E-state index is 12.9. The van der Waals surface area contributed by atoms with E-state index in [9.17, 15) is 9.18 Å². The first-order valence-corrected chi connectivity index (χ1v) is 3.79. The van der Waals surface area contributed by atoms with Crippen LogP contribution in [0.2, 0.25) is 0 Å². The maximum Gasteiger partial charge on any atom is 0.196 e. The van der Waals surface area contributed by atoms with Crippen molar-refractivity contribution >= 4 is 5.78 Å². The van der Waals surface area contributed by atoms with Crippen LogP contribution in [0.1, 0.15) is 23.8 Å². The monoisotopic (exact) mass is 177 g/mol. The van der Waals surface area contributed by atoms with Crippen molar-refractivity contribution in [2.24, 2.45) is 0 Å². The molecule has 0 aliphatic rings. The molecule has 0 N–H and O–H groups in total. The van der Waals surface area contributed by atoms with Crippen molar-refractivity contribution in [3.05, 3.63) is 29.8 Å². The summed E-state index contributed by atoms with van der Waals surface area (Å²) in [5.41, 5.74) is -0.134. The van der Waals surface area contributed by atoms with E-state index in [-0.39, 0.29) is 17.9 Å². The first-order chi connectivity index (χ1) is 6.25. The molecule has 0 fully saturated rings. The molecule has 0 bridgehead atoms. The molecule has 1 aromatic rings. The molecule has 0 spiro atoms. The van der Waals surface area contributed by atoms with Gasteiger partial charge in [0.05, 0.1) is 6.42 Å². The Balaban J connectivity index is 2.87. The van der Waals surface area contributed by atoms with Crippen LogP contribution in [0.4, 0.5) is 4.39 Å². The Labute approximate surface area is 75.8 Å². The summed E-state index contributed by atoms with van der Waals surface area (Å²) in [6.45, 7) is 1.63. The largest absolute Gasteiger partial charge is 0.291 e. The summed E-state index contributed by atoms with van der Waals surface area (Å²) < 4.78 is 12.9. The number of halogens is 1. The van der Waals surface area contributed by atoms with Crippen molar-refractivity contribution in [1.82, 2.24) is 4.98 Å². The third-order valence-corrected chi connectivity index (χ3v) is 1.45. The lowest BCUT2D eigenvalue weighted by atomic mass is 10.2. The van der Waals surface area contributed by atoms with Crippen LogP contribution in [0.25, 0.3) is 0 Å². The fourth-order valence-corrected chi connectivity index (χ4v) is 0.843. The zero-order chi connectivity index (χ0) is 9.68. The Kier molecular flexibility index (Phi) is 3.15. The summed E-state index contributed by atoms with van der Waals surface area (Å²) in [5.74, 6) is 4.16. The molecule has 0 radical (unpaired) electrons. The number of ketones is 1. The van der Waals surface area contributed by atoms with Crippen molar-refractivity contribution < 1.29 is 9.18 Å². The standard InChI is InChI=1S/C10H8FNO/c1-2-3-6-9(13)10-8(11)5-4-7-12-10/h4-5,7H,6H2,1H3. The number of rotatable bonds is 2. The lowest BCUT2D eigenvalue weighted by molar-refractivity contribution is 0.0989. The molecule has 0 saturated carbocycles. The molecule has 0 saturated heterocycles. The Morgan fingerprint density at radius 1 is 1.69 bits per heavy atom. The number of carbonyl (C=O) groups excluding carboxylic acids is 1. The maximum absolute atomic E-state index is 12.9. The summed E-state index contributed by atoms with van der Waals surface area (Å²) in [4.78, 5) is 14.9. The molecular weight excluding hydrogens is 169 g/mol. The fraction of sp³-hybridized carbons (Fsp3) is 0.200. The fourth-order valence-electron chi connectivity index (χ4n) is 0.843. The molecule has 1 heterocycles. The predicted octanol–water partition coefficient (Wildman–Crippen LogP) is 1.82. The average molecular weight is 177 g/mol. The van der Waals surface area contributed by atoms with Crippen LogP contribution in [0.3, 0.4) is 0 Å². The lowest BCUT2D eigenvalue weighted by Gasteiger charge is -1.96. The third-order valence-electron chi connectivity index (χ3n) is 1.45. The minimum absolute atomic E-state index is 0.0183. The van der Waals surface area contributed by atoms with Gasteiger partial charge in [-0.25, -0.2) is 9.37 Å². The quantitative estimate of drug-likeness (QED) is 0.509. The van der Waals surface area contributed by atoms with Crippen molar-refractivity contribution in [2.45, 2.75) is 13.3 Å². The number of carbonyl (C=O) groups is 1. The van der Waals surface area contributed by atoms with E-state index in [1.807, 2.05) is 0 Å². The topological polar surface area (TPSA) is 30.0 Å². The van der Waals surface area contributed by atoms with E-state index >= 15 is 0 Å². The lowest BCUT2D eigenvalue weighted by Crippen LogP contribution is -2.03. The van der Waals surface area contributed by atoms with Gasteiger partial charge in [0.1, 0.15) is 5.69 Å². The van der Waals surface area contributed by atoms with Crippen molar-refractivity contribution in [2.75, 3.05) is 0 Å². The normalized spacial score (nSPS) is 8.77. The number of hydrogen-bond acceptors (Lipinski definition) is 2. The van der Waals surface area contributed by atoms with E-state index in [1.54, 1.807) is 6.92 Å². The van der Waals surface area contributed by atoms with Crippen LogP contribution in [0, 0.1) is 17.7 Å². The van der Waals surface area contributed by atoms with Crippen LogP contribution in [0.15, 0.2) is 18.3 Å². The van der Waals surface area contributed by atoms with Crippen molar-refractivity contribution in [1.29, 1.82) is 0 Å². The van der Waals surface area contributed by atoms with Crippen molar-refractivity contribution in [3.8, 4) is 11.8 Å². The highest BCUT2D eigenvalue weighted by molar-refractivity contribution is 5.95. The van der Waals surface area contributed by atoms with Gasteiger partial charge in [0, 0.05) is 6.20 Å². The first-order valence-electron chi connectivity index (χ1n) is 3.79. The van der Waals surface area contributed by atoms with E-state index < -0.39 is 5.82 Å². The van der Waals surface area contributed by atoms with Gasteiger partial charge in [-0.3, -0.25) is 4.79 Å². The predicted molar refractivity (Wildman–Crippen MR) is 46.6 cm³/mol. The van der Waals surface area contributed by atoms with Gasteiger partial charge in [0.15, 0.2) is 11.6 Å². The van der Waals surface area contributed by atoms with Crippen LogP contribution in [-0.2, 0) is 0 Å². The van der Waals surface area contributed by atoms with Gasteiger partial charge in [-0.2, -0.15) is 0 Å². The van der Waals surface area contributed by atoms with Gasteiger partial charge in [-0.15, -0.1) is 5.92 Å². The average Bonchev–Trinajstić information content (AvgIpc) is 2.15. The second-order valence-electron chi connectivity index (χ2n) is 2.36. The Bertz CT molecular complexity index is 376. The number of hydrogen-bond donors (Lipinski definition) is 0. The summed E-state index contributed by atoms with van der Waals surface area (Å²) in [7, 11) is 0. The molecule has 1 aromatic heterocycles. The molecule has 0 atom stereocenters. The number of nitrogens with zero attached hydrogens (tertiary/aromatic N) is 1. The highest BCUT2D eigenvalue weighted by Crippen LogP contribution is 2.04. The van der Waals surface area contributed by atoms with Gasteiger partial charge in [-0.1, -0.05) is 5.92 Å². The Morgan fingerprint density at radius 3 is 3.08 bits per heavy atom. The van der Waals surface area contributed by atoms with Crippen LogP contribution in [-0.4, -0.2) is 10.8 Å². The molecule has 2 nitrogen and oxygen atoms in total. The smallest absolute Gasteiger partial charge is 0.196 e. The van der Waals surface area contributed by atoms with Crippen LogP contribution in [0.5, 0.6) is 0 Å². The highest BCUT2D eigenvalue weighted by atomic mass is 19.1. The molecule has 0 aromatic carbocycles. The summed E-state index contributed by atoms with van der Waals surface area (Å²) in [6.07, 6.45) is 1.40.